The van der Waals surface area contributed by atoms with Gasteiger partial charge in [-0.1, -0.05) is 18.9 Å². The van der Waals surface area contributed by atoms with E-state index in [0.717, 1.165) is 62.3 Å². The molecule has 1 unspecified atom stereocenters. The molecule has 1 aliphatic carbocycles. The zero-order valence-electron chi connectivity index (χ0n) is 13.8. The van der Waals surface area contributed by atoms with E-state index < -0.39 is 0 Å². The molecular weight excluding hydrogens is 328 g/mol. The summed E-state index contributed by atoms with van der Waals surface area (Å²) in [5.41, 5.74) is 0.911. The molecule has 4 rings (SSSR count). The number of benzene rings is 1. The minimum atomic E-state index is -0.241. The van der Waals surface area contributed by atoms with Crippen LogP contribution in [-0.4, -0.2) is 32.2 Å². The number of hydrogen-bond donors (Lipinski definition) is 2. The van der Waals surface area contributed by atoms with E-state index in [4.69, 9.17) is 9.47 Å². The third-order valence-corrected chi connectivity index (χ3v) is 5.35. The molecule has 132 valence electrons. The molecule has 2 aliphatic heterocycles. The standard InChI is InChI=1S/C18H24N2O3.ClH/c21-17(13-5-8-19-12-13)20-18(6-1-2-7-18)14-3-4-15-16(11-14)23-10-9-22-15;/h3-4,11,13,19H,1-2,5-10,12H2,(H,20,21);1H. The van der Waals surface area contributed by atoms with Gasteiger partial charge < -0.3 is 20.1 Å². The van der Waals surface area contributed by atoms with Gasteiger partial charge in [0.2, 0.25) is 5.91 Å². The van der Waals surface area contributed by atoms with Crippen molar-refractivity contribution in [3.05, 3.63) is 23.8 Å². The van der Waals surface area contributed by atoms with Crippen LogP contribution in [0.4, 0.5) is 0 Å². The Hall–Kier alpha value is -1.46. The van der Waals surface area contributed by atoms with Crippen LogP contribution in [0.1, 0.15) is 37.7 Å². The number of carbonyl (C=O) groups is 1. The normalized spacial score (nSPS) is 24.2. The third-order valence-electron chi connectivity index (χ3n) is 5.35. The molecule has 2 heterocycles. The highest BCUT2D eigenvalue weighted by Crippen LogP contribution is 2.42. The third kappa shape index (κ3) is 3.20. The highest BCUT2D eigenvalue weighted by Gasteiger charge is 2.39. The summed E-state index contributed by atoms with van der Waals surface area (Å²) < 4.78 is 11.3. The molecule has 3 aliphatic rings. The van der Waals surface area contributed by atoms with E-state index in [0.29, 0.717) is 13.2 Å². The molecule has 1 saturated carbocycles. The van der Waals surface area contributed by atoms with Crippen molar-refractivity contribution in [2.24, 2.45) is 5.92 Å². The molecule has 24 heavy (non-hydrogen) atoms. The maximum Gasteiger partial charge on any atom is 0.225 e. The Labute approximate surface area is 148 Å². The molecule has 1 aromatic rings. The van der Waals surface area contributed by atoms with E-state index in [1.165, 1.54) is 0 Å². The summed E-state index contributed by atoms with van der Waals surface area (Å²) in [6.45, 7) is 2.92. The first-order valence-electron chi connectivity index (χ1n) is 8.70. The van der Waals surface area contributed by atoms with Crippen LogP contribution in [0.3, 0.4) is 0 Å². The number of halogens is 1. The second kappa shape index (κ2) is 7.19. The fourth-order valence-electron chi connectivity index (χ4n) is 4.02. The van der Waals surface area contributed by atoms with Crippen molar-refractivity contribution < 1.29 is 14.3 Å². The molecule has 2 N–H and O–H groups in total. The van der Waals surface area contributed by atoms with Gasteiger partial charge in [0.1, 0.15) is 13.2 Å². The Kier molecular flexibility index (Phi) is 5.21. The fraction of sp³-hybridized carbons (Fsp3) is 0.611. The summed E-state index contributed by atoms with van der Waals surface area (Å²) in [6, 6.07) is 6.13. The van der Waals surface area contributed by atoms with E-state index in [-0.39, 0.29) is 29.8 Å². The lowest BCUT2D eigenvalue weighted by Crippen LogP contribution is -2.46. The van der Waals surface area contributed by atoms with Crippen LogP contribution in [0.15, 0.2) is 18.2 Å². The van der Waals surface area contributed by atoms with E-state index in [9.17, 15) is 4.79 Å². The Morgan fingerprint density at radius 3 is 2.62 bits per heavy atom. The first-order valence-corrected chi connectivity index (χ1v) is 8.70. The van der Waals surface area contributed by atoms with Crippen LogP contribution < -0.4 is 20.1 Å². The minimum absolute atomic E-state index is 0. The van der Waals surface area contributed by atoms with Crippen molar-refractivity contribution in [3.63, 3.8) is 0 Å². The first kappa shape index (κ1) is 17.4. The quantitative estimate of drug-likeness (QED) is 0.876. The summed E-state index contributed by atoms with van der Waals surface area (Å²) in [7, 11) is 0. The summed E-state index contributed by atoms with van der Waals surface area (Å²) >= 11 is 0. The number of amides is 1. The summed E-state index contributed by atoms with van der Waals surface area (Å²) in [5, 5.41) is 6.66. The Morgan fingerprint density at radius 1 is 1.17 bits per heavy atom. The highest BCUT2D eigenvalue weighted by molar-refractivity contribution is 5.85. The number of nitrogens with one attached hydrogen (secondary N) is 2. The van der Waals surface area contributed by atoms with E-state index in [1.807, 2.05) is 6.07 Å². The zero-order valence-corrected chi connectivity index (χ0v) is 14.6. The van der Waals surface area contributed by atoms with Crippen LogP contribution in [-0.2, 0) is 10.3 Å². The predicted molar refractivity (Wildman–Crippen MR) is 93.9 cm³/mol. The predicted octanol–water partition coefficient (Wildman–Crippen LogP) is 2.37. The van der Waals surface area contributed by atoms with Gasteiger partial charge in [-0.15, -0.1) is 12.4 Å². The van der Waals surface area contributed by atoms with Crippen LogP contribution in [0, 0.1) is 5.92 Å². The van der Waals surface area contributed by atoms with Crippen LogP contribution >= 0.6 is 12.4 Å². The molecule has 0 spiro atoms. The van der Waals surface area contributed by atoms with Gasteiger partial charge in [-0.05, 0) is 43.5 Å². The van der Waals surface area contributed by atoms with Crippen molar-refractivity contribution in [1.29, 1.82) is 0 Å². The topological polar surface area (TPSA) is 59.6 Å². The number of rotatable bonds is 3. The van der Waals surface area contributed by atoms with Crippen molar-refractivity contribution in [2.45, 2.75) is 37.6 Å². The molecule has 0 aromatic heterocycles. The molecule has 6 heteroatoms. The Bertz CT molecular complexity index is 596. The van der Waals surface area contributed by atoms with Gasteiger partial charge in [0, 0.05) is 6.54 Å². The maximum atomic E-state index is 12.7. The average Bonchev–Trinajstić information content (AvgIpc) is 3.27. The average molecular weight is 353 g/mol. The number of carbonyl (C=O) groups excluding carboxylic acids is 1. The molecule has 1 aromatic carbocycles. The summed E-state index contributed by atoms with van der Waals surface area (Å²) in [4.78, 5) is 12.7. The lowest BCUT2D eigenvalue weighted by atomic mass is 9.87. The van der Waals surface area contributed by atoms with E-state index >= 15 is 0 Å². The van der Waals surface area contributed by atoms with Gasteiger partial charge >= 0.3 is 0 Å². The van der Waals surface area contributed by atoms with E-state index in [2.05, 4.69) is 22.8 Å². The van der Waals surface area contributed by atoms with Crippen LogP contribution in [0.2, 0.25) is 0 Å². The van der Waals surface area contributed by atoms with Crippen molar-refractivity contribution in [3.8, 4) is 11.5 Å². The van der Waals surface area contributed by atoms with Crippen molar-refractivity contribution in [1.82, 2.24) is 10.6 Å². The second-order valence-electron chi connectivity index (χ2n) is 6.83. The van der Waals surface area contributed by atoms with Gasteiger partial charge in [0.05, 0.1) is 11.5 Å². The summed E-state index contributed by atoms with van der Waals surface area (Å²) in [5.74, 6) is 1.90. The Balaban J connectivity index is 0.00000169. The lowest BCUT2D eigenvalue weighted by Gasteiger charge is -2.33. The largest absolute Gasteiger partial charge is 0.486 e. The molecule has 1 amide bonds. The number of fused-ring (bicyclic) bond motifs is 1. The molecular formula is C18H25ClN2O3. The monoisotopic (exact) mass is 352 g/mol. The van der Waals surface area contributed by atoms with Gasteiger partial charge in [0.25, 0.3) is 0 Å². The van der Waals surface area contributed by atoms with Gasteiger partial charge in [-0.2, -0.15) is 0 Å². The van der Waals surface area contributed by atoms with Gasteiger partial charge in [0.15, 0.2) is 11.5 Å². The number of hydrogen-bond acceptors (Lipinski definition) is 4. The second-order valence-corrected chi connectivity index (χ2v) is 6.83. The first-order chi connectivity index (χ1) is 11.3. The van der Waals surface area contributed by atoms with Gasteiger partial charge in [-0.3, -0.25) is 4.79 Å². The van der Waals surface area contributed by atoms with Crippen molar-refractivity contribution in [2.75, 3.05) is 26.3 Å². The van der Waals surface area contributed by atoms with Crippen LogP contribution in [0.5, 0.6) is 11.5 Å². The highest BCUT2D eigenvalue weighted by atomic mass is 35.5. The maximum absolute atomic E-state index is 12.7. The van der Waals surface area contributed by atoms with Gasteiger partial charge in [-0.25, -0.2) is 0 Å². The smallest absolute Gasteiger partial charge is 0.225 e. The lowest BCUT2D eigenvalue weighted by molar-refractivity contribution is -0.126. The molecule has 2 fully saturated rings. The molecule has 1 saturated heterocycles. The Morgan fingerprint density at radius 2 is 1.92 bits per heavy atom. The number of ether oxygens (including phenoxy) is 2. The summed E-state index contributed by atoms with van der Waals surface area (Å²) in [6.07, 6.45) is 5.23. The molecule has 0 bridgehead atoms. The molecule has 1 atom stereocenters. The molecule has 5 nitrogen and oxygen atoms in total. The minimum Gasteiger partial charge on any atom is -0.486 e. The van der Waals surface area contributed by atoms with E-state index in [1.54, 1.807) is 0 Å². The fourth-order valence-corrected chi connectivity index (χ4v) is 4.02. The molecule has 0 radical (unpaired) electrons. The zero-order chi connectivity index (χ0) is 15.7. The van der Waals surface area contributed by atoms with Crippen molar-refractivity contribution >= 4 is 18.3 Å². The SMILES string of the molecule is Cl.O=C(NC1(c2ccc3c(c2)OCCO3)CCCC1)C1CCNC1. The van der Waals surface area contributed by atoms with Crippen LogP contribution in [0.25, 0.3) is 0 Å².